The molecule has 0 atom stereocenters. The number of nitrogens with zero attached hydrogens (tertiary/aromatic N) is 3. The van der Waals surface area contributed by atoms with Crippen molar-refractivity contribution in [3.63, 3.8) is 0 Å². The van der Waals surface area contributed by atoms with E-state index in [1.807, 2.05) is 42.5 Å². The van der Waals surface area contributed by atoms with Crippen molar-refractivity contribution in [2.75, 3.05) is 31.2 Å². The molecule has 0 radical (unpaired) electrons. The maximum atomic E-state index is 13.3. The molecule has 6 heteroatoms. The van der Waals surface area contributed by atoms with Crippen molar-refractivity contribution in [2.45, 2.75) is 26.2 Å². The van der Waals surface area contributed by atoms with Gasteiger partial charge in [-0.25, -0.2) is 4.98 Å². The number of unbranched alkanes of at least 4 members (excludes halogenated alkanes) is 1. The Morgan fingerprint density at radius 1 is 1.14 bits per heavy atom. The molecule has 3 aromatic rings. The lowest BCUT2D eigenvalue weighted by Crippen LogP contribution is -2.36. The molecule has 0 bridgehead atoms. The summed E-state index contributed by atoms with van der Waals surface area (Å²) in [5.74, 6) is 0.756. The van der Waals surface area contributed by atoms with Crippen LogP contribution in [-0.4, -0.2) is 35.9 Å². The number of fused-ring (bicyclic) bond motifs is 1. The van der Waals surface area contributed by atoms with Gasteiger partial charge in [-0.1, -0.05) is 37.1 Å². The number of rotatable bonds is 5. The van der Waals surface area contributed by atoms with E-state index in [-0.39, 0.29) is 5.56 Å². The highest BCUT2D eigenvalue weighted by atomic mass is 35.5. The first-order valence-electron chi connectivity index (χ1n) is 9.82. The summed E-state index contributed by atoms with van der Waals surface area (Å²) in [5, 5.41) is 1.16. The number of anilines is 1. The van der Waals surface area contributed by atoms with E-state index >= 15 is 0 Å². The van der Waals surface area contributed by atoms with Crippen LogP contribution in [0.1, 0.15) is 25.6 Å². The molecule has 5 nitrogen and oxygen atoms in total. The Morgan fingerprint density at radius 3 is 2.68 bits per heavy atom. The molecule has 4 rings (SSSR count). The van der Waals surface area contributed by atoms with E-state index in [0.717, 1.165) is 49.4 Å². The predicted molar refractivity (Wildman–Crippen MR) is 114 cm³/mol. The Kier molecular flexibility index (Phi) is 5.64. The average molecular weight is 398 g/mol. The molecule has 146 valence electrons. The Hall–Kier alpha value is -2.37. The van der Waals surface area contributed by atoms with E-state index < -0.39 is 0 Å². The first-order chi connectivity index (χ1) is 13.7. The quantitative estimate of drug-likeness (QED) is 0.646. The highest BCUT2D eigenvalue weighted by molar-refractivity contribution is 6.32. The van der Waals surface area contributed by atoms with Crippen molar-refractivity contribution in [2.24, 2.45) is 0 Å². The van der Waals surface area contributed by atoms with E-state index in [9.17, 15) is 4.79 Å². The first kappa shape index (κ1) is 19.0. The molecule has 0 saturated carbocycles. The number of benzene rings is 2. The fraction of sp³-hybridized carbons (Fsp3) is 0.364. The van der Waals surface area contributed by atoms with Gasteiger partial charge in [0.1, 0.15) is 5.82 Å². The second-order valence-corrected chi connectivity index (χ2v) is 7.43. The summed E-state index contributed by atoms with van der Waals surface area (Å²) >= 11 is 6.67. The van der Waals surface area contributed by atoms with Gasteiger partial charge in [0.2, 0.25) is 0 Å². The zero-order valence-corrected chi connectivity index (χ0v) is 16.8. The van der Waals surface area contributed by atoms with Gasteiger partial charge in [-0.2, -0.15) is 0 Å². The van der Waals surface area contributed by atoms with E-state index in [4.69, 9.17) is 21.3 Å². The summed E-state index contributed by atoms with van der Waals surface area (Å²) in [7, 11) is 0. The van der Waals surface area contributed by atoms with Crippen LogP contribution in [0.15, 0.2) is 47.3 Å². The Morgan fingerprint density at radius 2 is 1.93 bits per heavy atom. The topological polar surface area (TPSA) is 47.4 Å². The minimum Gasteiger partial charge on any atom is -0.378 e. The lowest BCUT2D eigenvalue weighted by molar-refractivity contribution is 0.122. The summed E-state index contributed by atoms with van der Waals surface area (Å²) in [6.07, 6.45) is 2.73. The molecule has 2 heterocycles. The summed E-state index contributed by atoms with van der Waals surface area (Å²) in [6.45, 7) is 5.25. The van der Waals surface area contributed by atoms with Crippen LogP contribution in [0, 0.1) is 0 Å². The van der Waals surface area contributed by atoms with E-state index in [1.54, 1.807) is 4.57 Å². The van der Waals surface area contributed by atoms with Crippen LogP contribution in [0.3, 0.4) is 0 Å². The monoisotopic (exact) mass is 397 g/mol. The van der Waals surface area contributed by atoms with Gasteiger partial charge in [0, 0.05) is 25.2 Å². The predicted octanol–water partition coefficient (Wildman–Crippen LogP) is 4.22. The summed E-state index contributed by atoms with van der Waals surface area (Å²) in [4.78, 5) is 20.3. The van der Waals surface area contributed by atoms with Gasteiger partial charge >= 0.3 is 0 Å². The zero-order valence-electron chi connectivity index (χ0n) is 16.0. The van der Waals surface area contributed by atoms with Crippen molar-refractivity contribution >= 4 is 28.2 Å². The SMILES string of the molecule is CCCCc1nc2ccccc2c(=O)n1-c1ccc(N2CCOCC2)cc1Cl. The second-order valence-electron chi connectivity index (χ2n) is 7.02. The van der Waals surface area contributed by atoms with Crippen molar-refractivity contribution in [3.05, 3.63) is 63.7 Å². The van der Waals surface area contributed by atoms with Crippen LogP contribution in [-0.2, 0) is 11.2 Å². The van der Waals surface area contributed by atoms with Crippen LogP contribution in [0.25, 0.3) is 16.6 Å². The molecule has 0 aliphatic carbocycles. The third-order valence-electron chi connectivity index (χ3n) is 5.15. The van der Waals surface area contributed by atoms with Crippen molar-refractivity contribution in [1.82, 2.24) is 9.55 Å². The number of ether oxygens (including phenoxy) is 1. The van der Waals surface area contributed by atoms with Crippen molar-refractivity contribution < 1.29 is 4.74 Å². The van der Waals surface area contributed by atoms with E-state index in [0.29, 0.717) is 29.3 Å². The Labute approximate surface area is 169 Å². The first-order valence-corrected chi connectivity index (χ1v) is 10.2. The number of aromatic nitrogens is 2. The number of hydrogen-bond acceptors (Lipinski definition) is 4. The fourth-order valence-corrected chi connectivity index (χ4v) is 3.88. The Bertz CT molecular complexity index is 1040. The molecule has 28 heavy (non-hydrogen) atoms. The maximum absolute atomic E-state index is 13.3. The molecule has 1 fully saturated rings. The van der Waals surface area contributed by atoms with Crippen molar-refractivity contribution in [1.29, 1.82) is 0 Å². The molecule has 0 spiro atoms. The van der Waals surface area contributed by atoms with E-state index in [1.165, 1.54) is 0 Å². The number of hydrogen-bond donors (Lipinski definition) is 0. The van der Waals surface area contributed by atoms with Gasteiger partial charge in [0.25, 0.3) is 5.56 Å². The standard InChI is InChI=1S/C22H24ClN3O2/c1-2-3-8-21-24-19-7-5-4-6-17(19)22(27)26(21)20-10-9-16(15-18(20)23)25-11-13-28-14-12-25/h4-7,9-10,15H,2-3,8,11-14H2,1H3. The van der Waals surface area contributed by atoms with Crippen LogP contribution in [0.5, 0.6) is 0 Å². The highest BCUT2D eigenvalue weighted by Crippen LogP contribution is 2.28. The third-order valence-corrected chi connectivity index (χ3v) is 5.45. The lowest BCUT2D eigenvalue weighted by Gasteiger charge is -2.29. The van der Waals surface area contributed by atoms with Gasteiger partial charge < -0.3 is 9.64 Å². The largest absolute Gasteiger partial charge is 0.378 e. The minimum atomic E-state index is -0.0716. The molecule has 0 amide bonds. The number of halogens is 1. The molecular formula is C22H24ClN3O2. The number of morpholine rings is 1. The Balaban J connectivity index is 1.83. The normalized spacial score (nSPS) is 14.6. The van der Waals surface area contributed by atoms with Gasteiger partial charge in [0.15, 0.2) is 0 Å². The van der Waals surface area contributed by atoms with Crippen LogP contribution >= 0.6 is 11.6 Å². The molecular weight excluding hydrogens is 374 g/mol. The van der Waals surface area contributed by atoms with Gasteiger partial charge in [0.05, 0.1) is 34.8 Å². The molecule has 0 unspecified atom stereocenters. The maximum Gasteiger partial charge on any atom is 0.266 e. The third kappa shape index (κ3) is 3.64. The second kappa shape index (κ2) is 8.33. The smallest absolute Gasteiger partial charge is 0.266 e. The average Bonchev–Trinajstić information content (AvgIpc) is 2.73. The van der Waals surface area contributed by atoms with Gasteiger partial charge in [-0.3, -0.25) is 9.36 Å². The van der Waals surface area contributed by atoms with E-state index in [2.05, 4.69) is 11.8 Å². The molecule has 1 aromatic heterocycles. The van der Waals surface area contributed by atoms with Crippen LogP contribution in [0.4, 0.5) is 5.69 Å². The minimum absolute atomic E-state index is 0.0716. The molecule has 0 N–H and O–H groups in total. The number of para-hydroxylation sites is 1. The molecule has 1 aliphatic rings. The summed E-state index contributed by atoms with van der Waals surface area (Å²) in [6, 6.07) is 13.4. The molecule has 2 aromatic carbocycles. The van der Waals surface area contributed by atoms with Gasteiger partial charge in [-0.05, 0) is 36.8 Å². The fourth-order valence-electron chi connectivity index (χ4n) is 3.63. The van der Waals surface area contributed by atoms with Crippen molar-refractivity contribution in [3.8, 4) is 5.69 Å². The molecule has 1 saturated heterocycles. The zero-order chi connectivity index (χ0) is 19.5. The summed E-state index contributed by atoms with van der Waals surface area (Å²) in [5.41, 5.74) is 2.40. The van der Waals surface area contributed by atoms with Gasteiger partial charge in [-0.15, -0.1) is 0 Å². The molecule has 1 aliphatic heterocycles. The summed E-state index contributed by atoms with van der Waals surface area (Å²) < 4.78 is 7.11. The lowest BCUT2D eigenvalue weighted by atomic mass is 10.2. The van der Waals surface area contributed by atoms with Crippen LogP contribution in [0.2, 0.25) is 5.02 Å². The number of aryl methyl sites for hydroxylation is 1. The highest BCUT2D eigenvalue weighted by Gasteiger charge is 2.17. The van der Waals surface area contributed by atoms with Crippen LogP contribution < -0.4 is 10.5 Å².